The Morgan fingerprint density at radius 3 is 2.68 bits per heavy atom. The number of aromatic nitrogens is 3. The van der Waals surface area contributed by atoms with Crippen molar-refractivity contribution in [2.45, 2.75) is 0 Å². The predicted molar refractivity (Wildman–Crippen MR) is 80.7 cm³/mol. The van der Waals surface area contributed by atoms with Crippen molar-refractivity contribution in [1.82, 2.24) is 14.8 Å². The molecule has 1 aromatic heterocycles. The summed E-state index contributed by atoms with van der Waals surface area (Å²) in [6, 6.07) is 10.9. The lowest BCUT2D eigenvalue weighted by molar-refractivity contribution is 0.102. The lowest BCUT2D eigenvalue weighted by atomic mass is 10.2. The number of hydrogen-bond donors (Lipinski definition) is 1. The molecule has 7 heteroatoms. The van der Waals surface area contributed by atoms with Crippen LogP contribution in [0.25, 0.3) is 5.69 Å². The maximum absolute atomic E-state index is 13.7. The van der Waals surface area contributed by atoms with Crippen LogP contribution in [0.5, 0.6) is 0 Å². The molecule has 0 radical (unpaired) electrons. The van der Waals surface area contributed by atoms with E-state index in [-0.39, 0.29) is 5.56 Å². The van der Waals surface area contributed by atoms with Crippen LogP contribution < -0.4 is 5.32 Å². The molecule has 0 atom stereocenters. The molecule has 22 heavy (non-hydrogen) atoms. The van der Waals surface area contributed by atoms with E-state index in [9.17, 15) is 9.18 Å². The fourth-order valence-corrected chi connectivity index (χ4v) is 2.12. The third-order valence-corrected chi connectivity index (χ3v) is 3.23. The summed E-state index contributed by atoms with van der Waals surface area (Å²) in [6.07, 6.45) is 3.08. The molecule has 3 aromatic rings. The number of amides is 1. The molecule has 0 bridgehead atoms. The summed E-state index contributed by atoms with van der Waals surface area (Å²) < 4.78 is 15.4. The molecule has 5 nitrogen and oxygen atoms in total. The molecule has 1 heterocycles. The number of hydrogen-bond acceptors (Lipinski definition) is 3. The molecule has 1 amide bonds. The van der Waals surface area contributed by atoms with Crippen LogP contribution in [0.15, 0.2) is 55.1 Å². The lowest BCUT2D eigenvalue weighted by Crippen LogP contribution is -2.14. The van der Waals surface area contributed by atoms with Gasteiger partial charge in [-0.3, -0.25) is 9.36 Å². The smallest absolute Gasteiger partial charge is 0.258 e. The second-order valence-corrected chi connectivity index (χ2v) is 4.93. The molecule has 0 aliphatic heterocycles. The molecule has 0 unspecified atom stereocenters. The Bertz CT molecular complexity index is 820. The minimum atomic E-state index is -0.628. The summed E-state index contributed by atoms with van der Waals surface area (Å²) in [5.41, 5.74) is 1.19. The first-order chi connectivity index (χ1) is 10.6. The zero-order chi connectivity index (χ0) is 15.5. The first-order valence-electron chi connectivity index (χ1n) is 6.35. The summed E-state index contributed by atoms with van der Waals surface area (Å²) >= 11 is 5.79. The predicted octanol–water partition coefficient (Wildman–Crippen LogP) is 3.31. The minimum Gasteiger partial charge on any atom is -0.322 e. The zero-order valence-electron chi connectivity index (χ0n) is 11.2. The Kier molecular flexibility index (Phi) is 3.84. The molecule has 0 saturated carbocycles. The van der Waals surface area contributed by atoms with Crippen molar-refractivity contribution in [3.63, 3.8) is 0 Å². The van der Waals surface area contributed by atoms with Crippen LogP contribution in [0.1, 0.15) is 10.4 Å². The summed E-state index contributed by atoms with van der Waals surface area (Å²) in [6.45, 7) is 0. The van der Waals surface area contributed by atoms with Gasteiger partial charge in [0.05, 0.1) is 11.3 Å². The van der Waals surface area contributed by atoms with E-state index in [0.29, 0.717) is 10.7 Å². The molecule has 0 aliphatic carbocycles. The Hall–Kier alpha value is -2.73. The molecule has 1 N–H and O–H groups in total. The van der Waals surface area contributed by atoms with Gasteiger partial charge in [-0.05, 0) is 36.4 Å². The maximum Gasteiger partial charge on any atom is 0.258 e. The molecular weight excluding hydrogens is 307 g/mol. The standard InChI is InChI=1S/C15H10ClFN4O/c16-10-4-5-14(17)13(6-10)15(22)20-11-2-1-3-12(7-11)21-8-18-19-9-21/h1-9H,(H,20,22). The Morgan fingerprint density at radius 1 is 1.14 bits per heavy atom. The van der Waals surface area contributed by atoms with Crippen LogP contribution in [0.3, 0.4) is 0 Å². The van der Waals surface area contributed by atoms with Crippen molar-refractivity contribution in [3.05, 3.63) is 71.5 Å². The van der Waals surface area contributed by atoms with Gasteiger partial charge in [0, 0.05) is 10.7 Å². The third kappa shape index (κ3) is 2.96. The van der Waals surface area contributed by atoms with Gasteiger partial charge in [0.1, 0.15) is 18.5 Å². The lowest BCUT2D eigenvalue weighted by Gasteiger charge is -2.08. The van der Waals surface area contributed by atoms with Gasteiger partial charge in [-0.1, -0.05) is 17.7 Å². The van der Waals surface area contributed by atoms with Crippen molar-refractivity contribution < 1.29 is 9.18 Å². The molecule has 0 spiro atoms. The van der Waals surface area contributed by atoms with Gasteiger partial charge in [-0.25, -0.2) is 4.39 Å². The quantitative estimate of drug-likeness (QED) is 0.806. The van der Waals surface area contributed by atoms with Crippen LogP contribution >= 0.6 is 11.6 Å². The zero-order valence-corrected chi connectivity index (χ0v) is 12.0. The van der Waals surface area contributed by atoms with Crippen LogP contribution in [-0.4, -0.2) is 20.7 Å². The molecule has 2 aromatic carbocycles. The van der Waals surface area contributed by atoms with Gasteiger partial charge in [0.15, 0.2) is 0 Å². The van der Waals surface area contributed by atoms with E-state index in [1.54, 1.807) is 22.8 Å². The number of nitrogens with zero attached hydrogens (tertiary/aromatic N) is 3. The second kappa shape index (κ2) is 5.95. The van der Waals surface area contributed by atoms with Crippen LogP contribution in [-0.2, 0) is 0 Å². The number of nitrogens with one attached hydrogen (secondary N) is 1. The summed E-state index contributed by atoms with van der Waals surface area (Å²) in [7, 11) is 0. The van der Waals surface area contributed by atoms with E-state index in [1.165, 1.54) is 24.8 Å². The monoisotopic (exact) mass is 316 g/mol. The minimum absolute atomic E-state index is 0.109. The van der Waals surface area contributed by atoms with Crippen molar-refractivity contribution in [2.75, 3.05) is 5.32 Å². The first-order valence-corrected chi connectivity index (χ1v) is 6.73. The largest absolute Gasteiger partial charge is 0.322 e. The van der Waals surface area contributed by atoms with E-state index in [0.717, 1.165) is 11.8 Å². The van der Waals surface area contributed by atoms with Crippen molar-refractivity contribution >= 4 is 23.2 Å². The molecule has 3 rings (SSSR count). The van der Waals surface area contributed by atoms with Crippen LogP contribution in [0.2, 0.25) is 5.02 Å². The highest BCUT2D eigenvalue weighted by atomic mass is 35.5. The number of benzene rings is 2. The fraction of sp³-hybridized carbons (Fsp3) is 0. The molecular formula is C15H10ClFN4O. The van der Waals surface area contributed by atoms with E-state index < -0.39 is 11.7 Å². The second-order valence-electron chi connectivity index (χ2n) is 4.50. The summed E-state index contributed by atoms with van der Waals surface area (Å²) in [4.78, 5) is 12.1. The SMILES string of the molecule is O=C(Nc1cccc(-n2cnnc2)c1)c1cc(Cl)ccc1F. The van der Waals surface area contributed by atoms with Gasteiger partial charge in [0.2, 0.25) is 0 Å². The van der Waals surface area contributed by atoms with Gasteiger partial charge in [0.25, 0.3) is 5.91 Å². The Balaban J connectivity index is 1.85. The highest BCUT2D eigenvalue weighted by Crippen LogP contribution is 2.18. The topological polar surface area (TPSA) is 59.8 Å². The Morgan fingerprint density at radius 2 is 1.91 bits per heavy atom. The number of halogens is 2. The van der Waals surface area contributed by atoms with Gasteiger partial charge >= 0.3 is 0 Å². The average Bonchev–Trinajstić information content (AvgIpc) is 3.04. The first kappa shape index (κ1) is 14.2. The molecule has 0 aliphatic rings. The highest BCUT2D eigenvalue weighted by Gasteiger charge is 2.12. The Labute approximate surface area is 130 Å². The normalized spacial score (nSPS) is 10.5. The van der Waals surface area contributed by atoms with Gasteiger partial charge in [-0.15, -0.1) is 10.2 Å². The third-order valence-electron chi connectivity index (χ3n) is 2.99. The van der Waals surface area contributed by atoms with E-state index >= 15 is 0 Å². The summed E-state index contributed by atoms with van der Waals surface area (Å²) in [5, 5.41) is 10.4. The molecule has 0 fully saturated rings. The maximum atomic E-state index is 13.7. The van der Waals surface area contributed by atoms with Gasteiger partial charge < -0.3 is 5.32 Å². The fourth-order valence-electron chi connectivity index (χ4n) is 1.95. The van der Waals surface area contributed by atoms with Crippen molar-refractivity contribution in [3.8, 4) is 5.69 Å². The summed E-state index contributed by atoms with van der Waals surface area (Å²) in [5.74, 6) is -1.20. The molecule has 110 valence electrons. The van der Waals surface area contributed by atoms with Gasteiger partial charge in [-0.2, -0.15) is 0 Å². The average molecular weight is 317 g/mol. The van der Waals surface area contributed by atoms with Crippen molar-refractivity contribution in [1.29, 1.82) is 0 Å². The van der Waals surface area contributed by atoms with Crippen LogP contribution in [0, 0.1) is 5.82 Å². The number of anilines is 1. The van der Waals surface area contributed by atoms with E-state index in [2.05, 4.69) is 15.5 Å². The number of carbonyl (C=O) groups excluding carboxylic acids is 1. The van der Waals surface area contributed by atoms with E-state index in [4.69, 9.17) is 11.6 Å². The van der Waals surface area contributed by atoms with E-state index in [1.807, 2.05) is 6.07 Å². The number of carbonyl (C=O) groups is 1. The van der Waals surface area contributed by atoms with Crippen molar-refractivity contribution in [2.24, 2.45) is 0 Å². The number of rotatable bonds is 3. The van der Waals surface area contributed by atoms with Crippen LogP contribution in [0.4, 0.5) is 10.1 Å². The highest BCUT2D eigenvalue weighted by molar-refractivity contribution is 6.31. The molecule has 0 saturated heterocycles.